The van der Waals surface area contributed by atoms with E-state index in [1.54, 1.807) is 0 Å². The van der Waals surface area contributed by atoms with Crippen LogP contribution in [0.2, 0.25) is 0 Å². The molecular formula is H8BaMgO5S. The molecule has 0 rings (SSSR count). The van der Waals surface area contributed by atoms with E-state index < -0.39 is 10.4 Å². The molecule has 5 nitrogen and oxygen atoms in total. The van der Waals surface area contributed by atoms with Gasteiger partial charge in [0, 0.05) is 0 Å². The minimum absolute atomic E-state index is 0. The van der Waals surface area contributed by atoms with Crippen LogP contribution in [-0.2, 0) is 10.4 Å². The molecule has 0 aliphatic carbocycles. The zero-order chi connectivity index (χ0) is 4.50. The van der Waals surface area contributed by atoms with Crippen molar-refractivity contribution in [2.45, 2.75) is 0 Å². The third-order valence-electron chi connectivity index (χ3n) is 0. The van der Waals surface area contributed by atoms with Crippen LogP contribution in [0.4, 0.5) is 0 Å². The van der Waals surface area contributed by atoms with E-state index in [4.69, 9.17) is 17.5 Å². The number of hydrogen-bond donors (Lipinski definition) is 2. The van der Waals surface area contributed by atoms with E-state index in [1.807, 2.05) is 0 Å². The van der Waals surface area contributed by atoms with Gasteiger partial charge in [-0.15, -0.1) is 0 Å². The van der Waals surface area contributed by atoms with E-state index in [-0.39, 0.29) is 83.1 Å². The Morgan fingerprint density at radius 1 is 1.25 bits per heavy atom. The molecule has 8 heteroatoms. The van der Waals surface area contributed by atoms with E-state index in [9.17, 15) is 0 Å². The summed E-state index contributed by atoms with van der Waals surface area (Å²) >= 11 is 0. The molecular weight excluding hydrogens is 274 g/mol. The van der Waals surface area contributed by atoms with Gasteiger partial charge >= 0.3 is 82.3 Å². The minimum Gasteiger partial charge on any atom is -1.00 e. The zero-order valence-corrected chi connectivity index (χ0v) is 10.7. The summed E-state index contributed by atoms with van der Waals surface area (Å²) in [6.07, 6.45) is 0. The van der Waals surface area contributed by atoms with Gasteiger partial charge < -0.3 is 11.2 Å². The van der Waals surface area contributed by atoms with Gasteiger partial charge in [0.15, 0.2) is 0 Å². The summed E-state index contributed by atoms with van der Waals surface area (Å²) in [7, 11) is -4.67. The van der Waals surface area contributed by atoms with Gasteiger partial charge in [0.1, 0.15) is 0 Å². The van der Waals surface area contributed by atoms with Crippen molar-refractivity contribution >= 4 is 82.3 Å². The van der Waals surface area contributed by atoms with Crippen LogP contribution in [0.3, 0.4) is 0 Å². The van der Waals surface area contributed by atoms with Gasteiger partial charge in [-0.05, 0) is 0 Å². The predicted molar refractivity (Wildman–Crippen MR) is 33.7 cm³/mol. The van der Waals surface area contributed by atoms with Crippen molar-refractivity contribution in [2.75, 3.05) is 0 Å². The normalized spacial score (nSPS) is 7.25. The summed E-state index contributed by atoms with van der Waals surface area (Å²) in [4.78, 5) is 0. The van der Waals surface area contributed by atoms with Crippen molar-refractivity contribution in [1.29, 1.82) is 0 Å². The molecule has 4 N–H and O–H groups in total. The van der Waals surface area contributed by atoms with Crippen LogP contribution in [0.15, 0.2) is 0 Å². The smallest absolute Gasteiger partial charge is 1.00 e. The van der Waals surface area contributed by atoms with Crippen LogP contribution in [0.25, 0.3) is 0 Å². The van der Waals surface area contributed by atoms with Gasteiger partial charge in [0.25, 0.3) is 0 Å². The van der Waals surface area contributed by atoms with Gasteiger partial charge in [0.2, 0.25) is 0 Å². The molecule has 0 aromatic rings. The van der Waals surface area contributed by atoms with Crippen LogP contribution < -0.4 is 0 Å². The van der Waals surface area contributed by atoms with Crippen molar-refractivity contribution in [2.24, 2.45) is 0 Å². The van der Waals surface area contributed by atoms with Gasteiger partial charge in [-0.1, -0.05) is 0 Å². The second kappa shape index (κ2) is 9.17. The fourth-order valence-electron chi connectivity index (χ4n) is 0. The molecule has 0 aliphatic rings. The molecule has 0 aromatic carbocycles. The summed E-state index contributed by atoms with van der Waals surface area (Å²) in [5, 5.41) is 0. The molecule has 0 radical (unpaired) electrons. The Kier molecular flexibility index (Phi) is 25.7. The van der Waals surface area contributed by atoms with Crippen LogP contribution in [0.1, 0.15) is 5.71 Å². The van der Waals surface area contributed by atoms with E-state index in [0.29, 0.717) is 0 Å². The number of hydrogen-bond acceptors (Lipinski definition) is 2. The largest absolute Gasteiger partial charge is 2.00 e. The third kappa shape index (κ3) is 89.3. The standard InChI is InChI=1S/Ba.Mg.H2O4S.H2O.4H/c;;1-5(2,3)4;;;;;/h;;(H2,1,2,3,4);1H2;;;;/q2*+2;;;4*-1. The average molecular weight is 282 g/mol. The average Bonchev–Trinajstić information content (AvgIpc) is 0.722. The first-order valence-electron chi connectivity index (χ1n) is 0.698. The Bertz CT molecular complexity index is 107. The molecule has 0 fully saturated rings. The summed E-state index contributed by atoms with van der Waals surface area (Å²) in [5.74, 6) is 0. The molecule has 0 bridgehead atoms. The maximum atomic E-state index is 8.74. The predicted octanol–water partition coefficient (Wildman–Crippen LogP) is -1.79. The van der Waals surface area contributed by atoms with Crippen molar-refractivity contribution in [3.8, 4) is 0 Å². The Hall–Kier alpha value is 2.17. The minimum atomic E-state index is -4.67. The van der Waals surface area contributed by atoms with Gasteiger partial charge in [-0.25, -0.2) is 0 Å². The molecule has 0 aliphatic heterocycles. The second-order valence-corrected chi connectivity index (χ2v) is 1.34. The molecule has 0 unspecified atom stereocenters. The van der Waals surface area contributed by atoms with E-state index in [1.165, 1.54) is 0 Å². The Morgan fingerprint density at radius 2 is 1.25 bits per heavy atom. The van der Waals surface area contributed by atoms with Gasteiger partial charge in [0.05, 0.1) is 0 Å². The van der Waals surface area contributed by atoms with Crippen LogP contribution >= 0.6 is 0 Å². The van der Waals surface area contributed by atoms with Gasteiger partial charge in [-0.2, -0.15) is 8.42 Å². The first-order chi connectivity index (χ1) is 2.00. The molecule has 0 heterocycles. The maximum absolute atomic E-state index is 8.74. The summed E-state index contributed by atoms with van der Waals surface area (Å²) < 4.78 is 31.6. The van der Waals surface area contributed by atoms with Crippen molar-refractivity contribution in [1.82, 2.24) is 0 Å². The van der Waals surface area contributed by atoms with Crippen LogP contribution in [-0.4, -0.2) is 94.9 Å². The van der Waals surface area contributed by atoms with Crippen LogP contribution in [0, 0.1) is 0 Å². The first-order valence-corrected chi connectivity index (χ1v) is 2.10. The molecule has 8 heavy (non-hydrogen) atoms. The fraction of sp³-hybridized carbons (Fsp3) is 0. The summed E-state index contributed by atoms with van der Waals surface area (Å²) in [6, 6.07) is 0. The summed E-state index contributed by atoms with van der Waals surface area (Å²) in [5.41, 5.74) is 0. The zero-order valence-electron chi connectivity index (χ0n) is 8.03. The summed E-state index contributed by atoms with van der Waals surface area (Å²) in [6.45, 7) is 0. The van der Waals surface area contributed by atoms with Crippen molar-refractivity contribution in [3.05, 3.63) is 0 Å². The fourth-order valence-corrected chi connectivity index (χ4v) is 0. The second-order valence-electron chi connectivity index (χ2n) is 0.448. The van der Waals surface area contributed by atoms with Crippen molar-refractivity contribution in [3.63, 3.8) is 0 Å². The molecule has 0 atom stereocenters. The molecule has 0 saturated heterocycles. The third-order valence-corrected chi connectivity index (χ3v) is 0. The first kappa shape index (κ1) is 22.5. The molecule has 0 amide bonds. The van der Waals surface area contributed by atoms with Crippen molar-refractivity contribution < 1.29 is 28.7 Å². The van der Waals surface area contributed by atoms with Crippen LogP contribution in [0.5, 0.6) is 0 Å². The number of rotatable bonds is 0. The van der Waals surface area contributed by atoms with Gasteiger partial charge in [-0.3, -0.25) is 9.11 Å². The Morgan fingerprint density at radius 3 is 1.25 bits per heavy atom. The topological polar surface area (TPSA) is 106 Å². The SMILES string of the molecule is O.O=S(=O)(O)O.[Ba+2].[H-].[H-].[H-].[H-].[Mg+2]. The van der Waals surface area contributed by atoms with E-state index in [0.717, 1.165) is 0 Å². The molecule has 0 aromatic heterocycles. The quantitative estimate of drug-likeness (QED) is 0.404. The van der Waals surface area contributed by atoms with E-state index in [2.05, 4.69) is 0 Å². The molecule has 48 valence electrons. The maximum Gasteiger partial charge on any atom is 2.00 e. The van der Waals surface area contributed by atoms with E-state index >= 15 is 0 Å². The molecule has 0 saturated carbocycles. The monoisotopic (exact) mass is 282 g/mol. The Labute approximate surface area is 109 Å². The molecule has 0 spiro atoms. The Balaban J connectivity index is -0.00000000381.